The van der Waals surface area contributed by atoms with E-state index in [-0.39, 0.29) is 0 Å². The maximum absolute atomic E-state index is 4.64. The summed E-state index contributed by atoms with van der Waals surface area (Å²) in [4.78, 5) is 0. The van der Waals surface area contributed by atoms with Crippen molar-refractivity contribution in [1.82, 2.24) is 0 Å². The van der Waals surface area contributed by atoms with Crippen molar-refractivity contribution in [3.8, 4) is 0 Å². The van der Waals surface area contributed by atoms with Crippen molar-refractivity contribution in [2.75, 3.05) is 0 Å². The predicted octanol–water partition coefficient (Wildman–Crippen LogP) is 1.69. The first kappa shape index (κ1) is 9.15. The average Bonchev–Trinajstić information content (AvgIpc) is 1.46. The Labute approximate surface area is 48.5 Å². The van der Waals surface area contributed by atoms with E-state index < -0.39 is 0 Å². The topological polar surface area (TPSA) is 0 Å². The van der Waals surface area contributed by atoms with Crippen molar-refractivity contribution in [1.29, 1.82) is 0 Å². The molecule has 0 unspecified atom stereocenters. The summed E-state index contributed by atoms with van der Waals surface area (Å²) in [7, 11) is 4.64. The van der Waals surface area contributed by atoms with E-state index in [1.54, 1.807) is 0 Å². The van der Waals surface area contributed by atoms with Crippen molar-refractivity contribution < 1.29 is 19.4 Å². The summed E-state index contributed by atoms with van der Waals surface area (Å²) in [5.74, 6) is 0. The minimum atomic E-state index is 1.47. The molecule has 0 spiro atoms. The number of hydrogen-bond donors (Lipinski definition) is 0. The van der Waals surface area contributed by atoms with Gasteiger partial charge in [0, 0.05) is 0 Å². The molecule has 0 fully saturated rings. The third-order valence-electron chi connectivity index (χ3n) is 0. The molecule has 0 aromatic rings. The molecule has 5 heavy (non-hydrogen) atoms. The fourth-order valence-corrected chi connectivity index (χ4v) is 0. The third-order valence-corrected chi connectivity index (χ3v) is 0. The van der Waals surface area contributed by atoms with Gasteiger partial charge in [-0.1, -0.05) is 0 Å². The van der Waals surface area contributed by atoms with Crippen LogP contribution < -0.4 is 0 Å². The number of halogens is 1. The molecule has 0 saturated carbocycles. The summed E-state index contributed by atoms with van der Waals surface area (Å²) in [6, 6.07) is 0. The number of rotatable bonds is 0. The molecule has 0 bridgehead atoms. The fraction of sp³-hybridized carbons (Fsp3) is 0. The van der Waals surface area contributed by atoms with Crippen molar-refractivity contribution in [2.45, 2.75) is 0 Å². The zero-order chi connectivity index (χ0) is 4.71. The van der Waals surface area contributed by atoms with Gasteiger partial charge in [0.05, 0.1) is 0 Å². The van der Waals surface area contributed by atoms with Crippen molar-refractivity contribution in [3.63, 3.8) is 0 Å². The Kier molecular flexibility index (Phi) is 42.3. The molecule has 0 radical (unpaired) electrons. The van der Waals surface area contributed by atoms with E-state index in [1.165, 1.54) is 25.5 Å². The van der Waals surface area contributed by atoms with Crippen LogP contribution in [-0.4, -0.2) is 0 Å². The average molecular weight is 124 g/mol. The van der Waals surface area contributed by atoms with Crippen molar-refractivity contribution in [2.24, 2.45) is 0 Å². The van der Waals surface area contributed by atoms with Gasteiger partial charge in [-0.15, -0.1) is 0 Å². The fourth-order valence-electron chi connectivity index (χ4n) is 0. The van der Waals surface area contributed by atoms with E-state index >= 15 is 0 Å². The van der Waals surface area contributed by atoms with Crippen LogP contribution in [-0.2, 0) is 19.4 Å². The van der Waals surface area contributed by atoms with Crippen LogP contribution in [0.2, 0.25) is 0 Å². The Bertz CT molecular complexity index is 14.4. The molecular weight excluding hydrogens is 119 g/mol. The molecular formula is C3H5ClTi. The molecule has 0 atom stereocenters. The van der Waals surface area contributed by atoms with Crippen LogP contribution in [0.1, 0.15) is 0 Å². The Hall–Kier alpha value is 0.614. The summed E-state index contributed by atoms with van der Waals surface area (Å²) < 4.78 is 0. The van der Waals surface area contributed by atoms with Crippen LogP contribution in [0.4, 0.5) is 0 Å². The molecule has 0 rings (SSSR count). The monoisotopic (exact) mass is 124 g/mol. The molecule has 0 aliphatic carbocycles. The summed E-state index contributed by atoms with van der Waals surface area (Å²) in [5.41, 5.74) is 0. The molecule has 0 heterocycles. The second-order valence-electron chi connectivity index (χ2n) is 0.289. The molecule has 0 aromatic heterocycles. The first-order chi connectivity index (χ1) is 2.41. The second-order valence-corrected chi connectivity index (χ2v) is 0.289. The van der Waals surface area contributed by atoms with Crippen LogP contribution >= 0.6 is 9.30 Å². The van der Waals surface area contributed by atoms with Gasteiger partial charge in [-0.2, -0.15) is 0 Å². The second kappa shape index (κ2) is 23.1. The van der Waals surface area contributed by atoms with E-state index in [4.69, 9.17) is 0 Å². The van der Waals surface area contributed by atoms with E-state index in [1.807, 2.05) is 0 Å². The molecule has 2 heteroatoms. The maximum atomic E-state index is 4.64. The van der Waals surface area contributed by atoms with E-state index in [9.17, 15) is 0 Å². The van der Waals surface area contributed by atoms with Gasteiger partial charge in [-0.25, -0.2) is 19.6 Å². The van der Waals surface area contributed by atoms with Gasteiger partial charge in [0.2, 0.25) is 0 Å². The minimum absolute atomic E-state index is 1.47. The van der Waals surface area contributed by atoms with E-state index in [0.717, 1.165) is 0 Å². The molecule has 0 nitrogen and oxygen atoms in total. The van der Waals surface area contributed by atoms with E-state index in [0.29, 0.717) is 0 Å². The normalized spacial score (nSPS) is 3.20. The summed E-state index contributed by atoms with van der Waals surface area (Å²) in [6.45, 7) is 6.50. The van der Waals surface area contributed by atoms with Gasteiger partial charge in [0.1, 0.15) is 0 Å². The van der Waals surface area contributed by atoms with Gasteiger partial charge in [-0.3, -0.25) is 0 Å². The number of allylic oxidation sites excluding steroid dienone is 1. The van der Waals surface area contributed by atoms with Crippen LogP contribution in [0.25, 0.3) is 0 Å². The zero-order valence-electron chi connectivity index (χ0n) is 2.87. The summed E-state index contributed by atoms with van der Waals surface area (Å²) in [5, 5.41) is 0. The van der Waals surface area contributed by atoms with Gasteiger partial charge < -0.3 is 0 Å². The van der Waals surface area contributed by atoms with Crippen LogP contribution in [0, 0.1) is 6.92 Å². The molecule has 0 aliphatic rings. The molecule has 0 amide bonds. The molecule has 0 aliphatic heterocycles. The molecule has 28 valence electrons. The Balaban J connectivity index is 0. The van der Waals surface area contributed by atoms with Gasteiger partial charge in [0.15, 0.2) is 0 Å². The summed E-state index contributed by atoms with van der Waals surface area (Å²) in [6.07, 6.45) is 1.50. The predicted molar refractivity (Wildman–Crippen MR) is 21.4 cm³/mol. The van der Waals surface area contributed by atoms with Gasteiger partial charge in [0.25, 0.3) is 0 Å². The third kappa shape index (κ3) is 83.6. The Morgan fingerprint density at radius 2 is 1.80 bits per heavy atom. The quantitative estimate of drug-likeness (QED) is 0.341. The van der Waals surface area contributed by atoms with Gasteiger partial charge >= 0.3 is 28.7 Å². The van der Waals surface area contributed by atoms with Gasteiger partial charge in [-0.05, 0) is 0 Å². The van der Waals surface area contributed by atoms with Crippen LogP contribution in [0.15, 0.2) is 12.7 Å². The standard InChI is InChI=1S/C3H5.ClH.Ti/c1-3-2;;/h3H,1-2H2;1H;/q-1;;+2/p-1. The zero-order valence-corrected chi connectivity index (χ0v) is 5.19. The first-order valence-corrected chi connectivity index (χ1v) is 3.15. The SMILES string of the molecule is C=C[CH2-].[Cl][Ti+]. The Morgan fingerprint density at radius 1 is 1.80 bits per heavy atom. The number of hydrogen-bond acceptors (Lipinski definition) is 0. The van der Waals surface area contributed by atoms with Crippen LogP contribution in [0.5, 0.6) is 0 Å². The first-order valence-electron chi connectivity index (χ1n) is 1.01. The molecule has 0 aromatic carbocycles. The van der Waals surface area contributed by atoms with Crippen LogP contribution in [0.3, 0.4) is 0 Å². The molecule has 0 N–H and O–H groups in total. The Morgan fingerprint density at radius 3 is 1.80 bits per heavy atom. The van der Waals surface area contributed by atoms with Crippen molar-refractivity contribution in [3.05, 3.63) is 19.6 Å². The van der Waals surface area contributed by atoms with Crippen molar-refractivity contribution >= 4 is 9.30 Å². The summed E-state index contributed by atoms with van der Waals surface area (Å²) >= 11 is 1.47. The van der Waals surface area contributed by atoms with E-state index in [2.05, 4.69) is 22.8 Å². The molecule has 0 saturated heterocycles.